The Kier molecular flexibility index (Phi) is 3.02. The summed E-state index contributed by atoms with van der Waals surface area (Å²) in [6.45, 7) is 1.87. The number of hydrogen-bond donors (Lipinski definition) is 2. The fourth-order valence-electron chi connectivity index (χ4n) is 0.917. The molecule has 1 heterocycles. The lowest BCUT2D eigenvalue weighted by molar-refractivity contribution is -0.130. The molecule has 70 valence electrons. The fraction of sp³-hybridized carbons (Fsp3) is 0.250. The van der Waals surface area contributed by atoms with E-state index in [1.165, 1.54) is 11.3 Å². The molecular formula is C8H10N2O2S. The van der Waals surface area contributed by atoms with Gasteiger partial charge in [0.25, 0.3) is 0 Å². The highest BCUT2D eigenvalue weighted by molar-refractivity contribution is 7.13. The molecule has 0 atom stereocenters. The van der Waals surface area contributed by atoms with Crippen molar-refractivity contribution in [2.24, 2.45) is 0 Å². The third-order valence-electron chi connectivity index (χ3n) is 1.44. The molecule has 5 heteroatoms. The molecule has 0 unspecified atom stereocenters. The Labute approximate surface area is 79.7 Å². The van der Waals surface area contributed by atoms with Crippen molar-refractivity contribution in [3.05, 3.63) is 17.2 Å². The van der Waals surface area contributed by atoms with Crippen LogP contribution in [0.5, 0.6) is 0 Å². The predicted molar refractivity (Wildman–Crippen MR) is 52.4 cm³/mol. The van der Waals surface area contributed by atoms with E-state index in [0.717, 1.165) is 0 Å². The van der Waals surface area contributed by atoms with Crippen LogP contribution in [0.15, 0.2) is 11.5 Å². The molecule has 1 rings (SSSR count). The van der Waals surface area contributed by atoms with Crippen molar-refractivity contribution in [2.45, 2.75) is 13.3 Å². The number of hydrogen-bond acceptors (Lipinski definition) is 4. The summed E-state index contributed by atoms with van der Waals surface area (Å²) in [6, 6.07) is 0. The van der Waals surface area contributed by atoms with E-state index in [9.17, 15) is 4.79 Å². The Bertz CT molecular complexity index is 344. The number of carboxylic acids is 1. The molecule has 0 fully saturated rings. The highest BCUT2D eigenvalue weighted by Gasteiger charge is 2.12. The molecule has 4 nitrogen and oxygen atoms in total. The molecule has 0 amide bonds. The minimum atomic E-state index is -0.966. The van der Waals surface area contributed by atoms with E-state index in [2.05, 4.69) is 4.98 Å². The van der Waals surface area contributed by atoms with Crippen LogP contribution < -0.4 is 5.73 Å². The highest BCUT2D eigenvalue weighted by Crippen LogP contribution is 2.19. The first kappa shape index (κ1) is 9.73. The van der Waals surface area contributed by atoms with E-state index in [4.69, 9.17) is 10.8 Å². The third kappa shape index (κ3) is 2.29. The van der Waals surface area contributed by atoms with Gasteiger partial charge in [-0.1, -0.05) is 13.0 Å². The standard InChI is InChI=1S/C8H10N2O2S/c1-2-3-5(7(11)12)6-4-13-8(9)10-6/h3-4H,2H2,1H3,(H2,9,10)(H,11,12)/b5-3-. The first-order valence-electron chi connectivity index (χ1n) is 3.80. The number of thiazole rings is 1. The molecule has 0 radical (unpaired) electrons. The van der Waals surface area contributed by atoms with Gasteiger partial charge >= 0.3 is 5.97 Å². The molecule has 0 aromatic carbocycles. The molecule has 0 saturated carbocycles. The first-order chi connectivity index (χ1) is 6.15. The van der Waals surface area contributed by atoms with Crippen molar-refractivity contribution < 1.29 is 9.90 Å². The quantitative estimate of drug-likeness (QED) is 0.723. The molecule has 0 aliphatic rings. The van der Waals surface area contributed by atoms with E-state index in [-0.39, 0.29) is 5.57 Å². The summed E-state index contributed by atoms with van der Waals surface area (Å²) in [5.74, 6) is -0.966. The van der Waals surface area contributed by atoms with Gasteiger partial charge in [-0.2, -0.15) is 0 Å². The molecule has 13 heavy (non-hydrogen) atoms. The SMILES string of the molecule is CC/C=C(\C(=O)O)c1csc(N)n1. The van der Waals surface area contributed by atoms with Crippen molar-refractivity contribution in [3.63, 3.8) is 0 Å². The summed E-state index contributed by atoms with van der Waals surface area (Å²) in [5, 5.41) is 10.9. The van der Waals surface area contributed by atoms with Crippen LogP contribution in [0.2, 0.25) is 0 Å². The molecule has 0 aliphatic carbocycles. The number of aliphatic carboxylic acids is 1. The van der Waals surface area contributed by atoms with Crippen LogP contribution in [0, 0.1) is 0 Å². The Morgan fingerprint density at radius 3 is 2.92 bits per heavy atom. The molecule has 0 saturated heterocycles. The number of nitrogens with zero attached hydrogens (tertiary/aromatic N) is 1. The Balaban J connectivity index is 3.02. The van der Waals surface area contributed by atoms with E-state index < -0.39 is 5.97 Å². The summed E-state index contributed by atoms with van der Waals surface area (Å²) in [6.07, 6.45) is 2.29. The number of anilines is 1. The van der Waals surface area contributed by atoms with Gasteiger partial charge in [-0.25, -0.2) is 9.78 Å². The van der Waals surface area contributed by atoms with Crippen molar-refractivity contribution in [2.75, 3.05) is 5.73 Å². The maximum atomic E-state index is 10.8. The number of rotatable bonds is 3. The van der Waals surface area contributed by atoms with Crippen molar-refractivity contribution in [3.8, 4) is 0 Å². The second-order valence-corrected chi connectivity index (χ2v) is 3.29. The van der Waals surface area contributed by atoms with Crippen LogP contribution in [0.3, 0.4) is 0 Å². The van der Waals surface area contributed by atoms with E-state index in [1.807, 2.05) is 6.92 Å². The number of carboxylic acid groups (broad SMARTS) is 1. The van der Waals surface area contributed by atoms with E-state index in [0.29, 0.717) is 17.2 Å². The van der Waals surface area contributed by atoms with Crippen LogP contribution >= 0.6 is 11.3 Å². The number of aromatic nitrogens is 1. The lowest BCUT2D eigenvalue weighted by Gasteiger charge is -1.95. The number of carbonyl (C=O) groups is 1. The maximum absolute atomic E-state index is 10.8. The maximum Gasteiger partial charge on any atom is 0.337 e. The zero-order chi connectivity index (χ0) is 9.84. The normalized spacial score (nSPS) is 11.6. The van der Waals surface area contributed by atoms with Gasteiger partial charge in [0.2, 0.25) is 0 Å². The Morgan fingerprint density at radius 1 is 1.85 bits per heavy atom. The number of allylic oxidation sites excluding steroid dienone is 1. The van der Waals surface area contributed by atoms with Crippen molar-refractivity contribution >= 4 is 28.0 Å². The molecule has 0 bridgehead atoms. The average Bonchev–Trinajstić information content (AvgIpc) is 2.46. The minimum Gasteiger partial charge on any atom is -0.478 e. The van der Waals surface area contributed by atoms with Gasteiger partial charge in [0.15, 0.2) is 5.13 Å². The summed E-state index contributed by atoms with van der Waals surface area (Å²) in [7, 11) is 0. The lowest BCUT2D eigenvalue weighted by Crippen LogP contribution is -2.00. The van der Waals surface area contributed by atoms with Gasteiger partial charge in [0.1, 0.15) is 0 Å². The topological polar surface area (TPSA) is 76.2 Å². The zero-order valence-electron chi connectivity index (χ0n) is 7.15. The van der Waals surface area contributed by atoms with Gasteiger partial charge in [0.05, 0.1) is 11.3 Å². The largest absolute Gasteiger partial charge is 0.478 e. The fourth-order valence-corrected chi connectivity index (χ4v) is 1.48. The van der Waals surface area contributed by atoms with Crippen LogP contribution in [-0.4, -0.2) is 16.1 Å². The van der Waals surface area contributed by atoms with Gasteiger partial charge < -0.3 is 10.8 Å². The monoisotopic (exact) mass is 198 g/mol. The lowest BCUT2D eigenvalue weighted by atomic mass is 10.2. The first-order valence-corrected chi connectivity index (χ1v) is 4.68. The highest BCUT2D eigenvalue weighted by atomic mass is 32.1. The molecule has 0 spiro atoms. The van der Waals surface area contributed by atoms with Crippen LogP contribution in [0.1, 0.15) is 19.0 Å². The van der Waals surface area contributed by atoms with Crippen molar-refractivity contribution in [1.29, 1.82) is 0 Å². The minimum absolute atomic E-state index is 0.218. The second-order valence-electron chi connectivity index (χ2n) is 2.40. The van der Waals surface area contributed by atoms with Gasteiger partial charge in [-0.3, -0.25) is 0 Å². The van der Waals surface area contributed by atoms with Crippen LogP contribution in [0.4, 0.5) is 5.13 Å². The van der Waals surface area contributed by atoms with Gasteiger partial charge in [0, 0.05) is 5.38 Å². The van der Waals surface area contributed by atoms with Crippen LogP contribution in [-0.2, 0) is 4.79 Å². The predicted octanol–water partition coefficient (Wildman–Crippen LogP) is 1.60. The molecule has 1 aromatic heterocycles. The summed E-state index contributed by atoms with van der Waals surface area (Å²) >= 11 is 1.24. The number of nitrogen functional groups attached to an aromatic ring is 1. The Hall–Kier alpha value is -1.36. The third-order valence-corrected chi connectivity index (χ3v) is 2.11. The molecule has 3 N–H and O–H groups in total. The van der Waals surface area contributed by atoms with Crippen molar-refractivity contribution in [1.82, 2.24) is 4.98 Å². The smallest absolute Gasteiger partial charge is 0.337 e. The molecule has 0 aliphatic heterocycles. The Morgan fingerprint density at radius 2 is 2.54 bits per heavy atom. The second kappa shape index (κ2) is 4.04. The summed E-state index contributed by atoms with van der Waals surface area (Å²) in [4.78, 5) is 14.7. The molecule has 1 aromatic rings. The number of nitrogens with two attached hydrogens (primary N) is 1. The molecular weight excluding hydrogens is 188 g/mol. The van der Waals surface area contributed by atoms with Gasteiger partial charge in [-0.05, 0) is 6.42 Å². The van der Waals surface area contributed by atoms with Gasteiger partial charge in [-0.15, -0.1) is 11.3 Å². The zero-order valence-corrected chi connectivity index (χ0v) is 7.97. The van der Waals surface area contributed by atoms with Crippen LogP contribution in [0.25, 0.3) is 5.57 Å². The average molecular weight is 198 g/mol. The van der Waals surface area contributed by atoms with E-state index in [1.54, 1.807) is 11.5 Å². The summed E-state index contributed by atoms with van der Waals surface area (Å²) < 4.78 is 0. The van der Waals surface area contributed by atoms with E-state index >= 15 is 0 Å². The summed E-state index contributed by atoms with van der Waals surface area (Å²) in [5.41, 5.74) is 6.06.